The summed E-state index contributed by atoms with van der Waals surface area (Å²) in [6, 6.07) is 8.30. The average Bonchev–Trinajstić information content (AvgIpc) is 3.35. The van der Waals surface area contributed by atoms with Crippen molar-refractivity contribution in [1.82, 2.24) is 8.61 Å². The molecule has 1 aliphatic heterocycles. The molecular formula is C23H32N2O8S2. The Labute approximate surface area is 207 Å². The van der Waals surface area contributed by atoms with Gasteiger partial charge in [0.15, 0.2) is 23.0 Å². The number of likely N-dealkylation sites (N-methyl/N-ethyl adjacent to an activating group) is 1. The smallest absolute Gasteiger partial charge is 0.243 e. The quantitative estimate of drug-likeness (QED) is 0.438. The summed E-state index contributed by atoms with van der Waals surface area (Å²) in [5, 5.41) is 0. The second-order valence-electron chi connectivity index (χ2n) is 7.90. The molecule has 0 amide bonds. The number of hydrogen-bond donors (Lipinski definition) is 0. The molecule has 2 aromatic rings. The van der Waals surface area contributed by atoms with Gasteiger partial charge < -0.3 is 18.9 Å². The molecule has 0 saturated carbocycles. The predicted molar refractivity (Wildman–Crippen MR) is 130 cm³/mol. The minimum atomic E-state index is -3.91. The highest BCUT2D eigenvalue weighted by Gasteiger charge is 2.38. The highest BCUT2D eigenvalue weighted by molar-refractivity contribution is 7.89. The minimum Gasteiger partial charge on any atom is -0.493 e. The van der Waals surface area contributed by atoms with Gasteiger partial charge in [0.2, 0.25) is 20.0 Å². The van der Waals surface area contributed by atoms with Crippen molar-refractivity contribution in [2.75, 3.05) is 48.1 Å². The van der Waals surface area contributed by atoms with Gasteiger partial charge in [0.05, 0.1) is 38.2 Å². The first-order chi connectivity index (χ1) is 16.6. The van der Waals surface area contributed by atoms with Gasteiger partial charge in [-0.25, -0.2) is 16.8 Å². The molecule has 12 heteroatoms. The number of ether oxygens (including phenoxy) is 4. The molecule has 1 atom stereocenters. The third-order valence-electron chi connectivity index (χ3n) is 6.04. The van der Waals surface area contributed by atoms with E-state index in [0.717, 1.165) is 0 Å². The van der Waals surface area contributed by atoms with Crippen molar-refractivity contribution in [3.8, 4) is 23.0 Å². The van der Waals surface area contributed by atoms with Crippen molar-refractivity contribution < 1.29 is 35.8 Å². The number of benzene rings is 2. The van der Waals surface area contributed by atoms with Gasteiger partial charge in [-0.15, -0.1) is 0 Å². The summed E-state index contributed by atoms with van der Waals surface area (Å²) in [7, 11) is -1.99. The van der Waals surface area contributed by atoms with Gasteiger partial charge in [0, 0.05) is 37.8 Å². The van der Waals surface area contributed by atoms with E-state index in [1.54, 1.807) is 6.92 Å². The lowest BCUT2D eigenvalue weighted by Gasteiger charge is -2.29. The SMILES string of the molecule is CCN(C[C@@H]1CCCN1S(=O)(=O)c1ccc(OC)c(OC)c1)S(=O)(=O)c1ccc(OC)c(OC)c1. The monoisotopic (exact) mass is 528 g/mol. The van der Waals surface area contributed by atoms with Crippen molar-refractivity contribution >= 4 is 20.0 Å². The molecule has 1 saturated heterocycles. The Bertz CT molecular complexity index is 1250. The zero-order valence-electron chi connectivity index (χ0n) is 20.6. The third-order valence-corrected chi connectivity index (χ3v) is 9.93. The second kappa shape index (κ2) is 11.0. The maximum absolute atomic E-state index is 13.5. The molecule has 0 N–H and O–H groups in total. The molecule has 0 unspecified atom stereocenters. The van der Waals surface area contributed by atoms with Gasteiger partial charge in [-0.05, 0) is 37.1 Å². The molecule has 0 aromatic heterocycles. The van der Waals surface area contributed by atoms with Crippen LogP contribution in [0, 0.1) is 0 Å². The number of hydrogen-bond acceptors (Lipinski definition) is 8. The summed E-state index contributed by atoms with van der Waals surface area (Å²) < 4.78 is 77.4. The van der Waals surface area contributed by atoms with Crippen molar-refractivity contribution in [1.29, 1.82) is 0 Å². The van der Waals surface area contributed by atoms with Crippen LogP contribution in [0.2, 0.25) is 0 Å². The second-order valence-corrected chi connectivity index (χ2v) is 11.7. The third kappa shape index (κ3) is 5.35. The first-order valence-electron chi connectivity index (χ1n) is 11.1. The van der Waals surface area contributed by atoms with Gasteiger partial charge in [-0.3, -0.25) is 0 Å². The zero-order valence-corrected chi connectivity index (χ0v) is 22.2. The fourth-order valence-corrected chi connectivity index (χ4v) is 7.38. The van der Waals surface area contributed by atoms with E-state index in [2.05, 4.69) is 0 Å². The Morgan fingerprint density at radius 3 is 1.86 bits per heavy atom. The molecule has 0 radical (unpaired) electrons. The molecule has 3 rings (SSSR count). The van der Waals surface area contributed by atoms with Crippen LogP contribution in [-0.4, -0.2) is 79.6 Å². The molecule has 2 aromatic carbocycles. The molecule has 10 nitrogen and oxygen atoms in total. The van der Waals surface area contributed by atoms with Gasteiger partial charge in [-0.2, -0.15) is 8.61 Å². The highest BCUT2D eigenvalue weighted by atomic mass is 32.2. The van der Waals surface area contributed by atoms with Crippen LogP contribution in [0.15, 0.2) is 46.2 Å². The van der Waals surface area contributed by atoms with E-state index in [9.17, 15) is 16.8 Å². The largest absolute Gasteiger partial charge is 0.493 e. The topological polar surface area (TPSA) is 112 Å². The van der Waals surface area contributed by atoms with Gasteiger partial charge >= 0.3 is 0 Å². The lowest BCUT2D eigenvalue weighted by molar-refractivity contribution is 0.311. The van der Waals surface area contributed by atoms with E-state index in [1.165, 1.54) is 73.4 Å². The molecule has 0 spiro atoms. The van der Waals surface area contributed by atoms with Gasteiger partial charge in [0.25, 0.3) is 0 Å². The lowest BCUT2D eigenvalue weighted by Crippen LogP contribution is -2.45. The highest BCUT2D eigenvalue weighted by Crippen LogP contribution is 2.34. The average molecular weight is 529 g/mol. The van der Waals surface area contributed by atoms with E-state index >= 15 is 0 Å². The maximum Gasteiger partial charge on any atom is 0.243 e. The predicted octanol–water partition coefficient (Wildman–Crippen LogP) is 2.58. The van der Waals surface area contributed by atoms with E-state index in [-0.39, 0.29) is 22.9 Å². The Hall–Kier alpha value is -2.54. The standard InChI is InChI=1S/C23H32N2O8S2/c1-6-24(34(26,27)18-9-11-20(30-2)22(14-18)32-4)16-17-8-7-13-25(17)35(28,29)19-10-12-21(31-3)23(15-19)33-5/h9-12,14-15,17H,6-8,13,16H2,1-5H3/t17-/m0/s1. The molecular weight excluding hydrogens is 496 g/mol. The number of rotatable bonds is 11. The summed E-state index contributed by atoms with van der Waals surface area (Å²) in [5.74, 6) is 1.43. The summed E-state index contributed by atoms with van der Waals surface area (Å²) in [4.78, 5) is 0.108. The summed E-state index contributed by atoms with van der Waals surface area (Å²) in [6.07, 6.45) is 1.18. The normalized spacial score (nSPS) is 16.9. The molecule has 0 aliphatic carbocycles. The first-order valence-corrected chi connectivity index (χ1v) is 14.0. The van der Waals surface area contributed by atoms with E-state index in [1.807, 2.05) is 0 Å². The Morgan fingerprint density at radius 1 is 0.829 bits per heavy atom. The van der Waals surface area contributed by atoms with Crippen molar-refractivity contribution in [3.05, 3.63) is 36.4 Å². The van der Waals surface area contributed by atoms with Gasteiger partial charge in [0.1, 0.15) is 0 Å². The number of methoxy groups -OCH3 is 4. The first kappa shape index (κ1) is 27.1. The van der Waals surface area contributed by atoms with E-state index in [0.29, 0.717) is 42.4 Å². The van der Waals surface area contributed by atoms with Crippen molar-refractivity contribution in [2.45, 2.75) is 35.6 Å². The minimum absolute atomic E-state index is 0.0275. The number of nitrogens with zero attached hydrogens (tertiary/aromatic N) is 2. The number of sulfonamides is 2. The van der Waals surface area contributed by atoms with Crippen molar-refractivity contribution in [2.24, 2.45) is 0 Å². The summed E-state index contributed by atoms with van der Waals surface area (Å²) in [6.45, 7) is 2.23. The Morgan fingerprint density at radius 2 is 1.34 bits per heavy atom. The van der Waals surface area contributed by atoms with Crippen LogP contribution in [-0.2, 0) is 20.0 Å². The summed E-state index contributed by atoms with van der Waals surface area (Å²) >= 11 is 0. The molecule has 35 heavy (non-hydrogen) atoms. The molecule has 1 aliphatic rings. The lowest BCUT2D eigenvalue weighted by atomic mass is 10.2. The zero-order chi connectivity index (χ0) is 25.8. The molecule has 194 valence electrons. The van der Waals surface area contributed by atoms with Crippen LogP contribution in [0.1, 0.15) is 19.8 Å². The van der Waals surface area contributed by atoms with Crippen LogP contribution < -0.4 is 18.9 Å². The van der Waals surface area contributed by atoms with E-state index in [4.69, 9.17) is 18.9 Å². The van der Waals surface area contributed by atoms with Gasteiger partial charge in [-0.1, -0.05) is 6.92 Å². The van der Waals surface area contributed by atoms with Crippen LogP contribution in [0.5, 0.6) is 23.0 Å². The van der Waals surface area contributed by atoms with E-state index < -0.39 is 26.1 Å². The van der Waals surface area contributed by atoms with Crippen molar-refractivity contribution in [3.63, 3.8) is 0 Å². The summed E-state index contributed by atoms with van der Waals surface area (Å²) in [5.41, 5.74) is 0. The fourth-order valence-electron chi connectivity index (χ4n) is 4.18. The molecule has 1 fully saturated rings. The van der Waals surface area contributed by atoms with Crippen LogP contribution in [0.4, 0.5) is 0 Å². The maximum atomic E-state index is 13.5. The van der Waals surface area contributed by atoms with Crippen LogP contribution in [0.25, 0.3) is 0 Å². The molecule has 1 heterocycles. The Balaban J connectivity index is 1.89. The van der Waals surface area contributed by atoms with Crippen LogP contribution >= 0.6 is 0 Å². The van der Waals surface area contributed by atoms with Crippen LogP contribution in [0.3, 0.4) is 0 Å². The molecule has 0 bridgehead atoms. The Kier molecular flexibility index (Phi) is 8.52. The fraction of sp³-hybridized carbons (Fsp3) is 0.478.